The monoisotopic (exact) mass is 275 g/mol. The number of nitrogens with one attached hydrogen (secondary N) is 1. The molecule has 0 aliphatic rings. The third kappa shape index (κ3) is 4.33. The minimum atomic E-state index is 0.442. The van der Waals surface area contributed by atoms with Gasteiger partial charge >= 0.3 is 0 Å². The van der Waals surface area contributed by atoms with Gasteiger partial charge in [0.25, 0.3) is 0 Å². The maximum absolute atomic E-state index is 4.64. The molecule has 2 aromatic rings. The molecule has 0 fully saturated rings. The Morgan fingerprint density at radius 2 is 2.00 bits per heavy atom. The predicted octanol–water partition coefficient (Wildman–Crippen LogP) is 3.56. The average molecular weight is 275 g/mol. The number of rotatable bonds is 6. The van der Waals surface area contributed by atoms with Crippen LogP contribution in [0.5, 0.6) is 0 Å². The normalized spacial score (nSPS) is 12.6. The van der Waals surface area contributed by atoms with Gasteiger partial charge in [-0.2, -0.15) is 0 Å². The van der Waals surface area contributed by atoms with E-state index < -0.39 is 0 Å². The molecule has 0 aliphatic heterocycles. The number of hydrogen-bond acceptors (Lipinski definition) is 4. The van der Waals surface area contributed by atoms with Gasteiger partial charge in [-0.05, 0) is 34.0 Å². The molecule has 0 spiro atoms. The zero-order valence-electron chi connectivity index (χ0n) is 11.8. The summed E-state index contributed by atoms with van der Waals surface area (Å²) in [6.45, 7) is 3.29. The highest BCUT2D eigenvalue weighted by molar-refractivity contribution is 7.14. The second-order valence-electron chi connectivity index (χ2n) is 5.04. The number of hydrogen-bond donors (Lipinski definition) is 1. The van der Waals surface area contributed by atoms with E-state index in [1.54, 1.807) is 11.3 Å². The van der Waals surface area contributed by atoms with Crippen molar-refractivity contribution in [2.75, 3.05) is 26.0 Å². The molecule has 2 rings (SSSR count). The van der Waals surface area contributed by atoms with Crippen molar-refractivity contribution in [2.24, 2.45) is 0 Å². The summed E-state index contributed by atoms with van der Waals surface area (Å²) in [4.78, 5) is 6.85. The Labute approximate surface area is 119 Å². The largest absolute Gasteiger partial charge is 0.359 e. The van der Waals surface area contributed by atoms with E-state index >= 15 is 0 Å². The highest BCUT2D eigenvalue weighted by Gasteiger charge is 2.07. The number of aromatic nitrogens is 1. The molecule has 19 heavy (non-hydrogen) atoms. The standard InChI is InChI=1S/C15H21N3S/c1-12(9-10-18(2)3)16-15-17-14(11-19-15)13-7-5-4-6-8-13/h4-8,11-12H,9-10H2,1-3H3,(H,16,17). The Bertz CT molecular complexity index is 493. The van der Waals surface area contributed by atoms with Gasteiger partial charge in [-0.15, -0.1) is 11.3 Å². The van der Waals surface area contributed by atoms with Crippen molar-refractivity contribution in [1.82, 2.24) is 9.88 Å². The highest BCUT2D eigenvalue weighted by atomic mass is 32.1. The lowest BCUT2D eigenvalue weighted by molar-refractivity contribution is 0.390. The summed E-state index contributed by atoms with van der Waals surface area (Å²) in [5.74, 6) is 0. The lowest BCUT2D eigenvalue weighted by Crippen LogP contribution is -2.22. The topological polar surface area (TPSA) is 28.2 Å². The molecule has 4 heteroatoms. The summed E-state index contributed by atoms with van der Waals surface area (Å²) in [5, 5.41) is 6.58. The second-order valence-corrected chi connectivity index (χ2v) is 5.90. The van der Waals surface area contributed by atoms with Crippen LogP contribution < -0.4 is 5.32 Å². The molecule has 1 N–H and O–H groups in total. The third-order valence-electron chi connectivity index (χ3n) is 2.95. The van der Waals surface area contributed by atoms with Gasteiger partial charge in [0.1, 0.15) is 0 Å². The molecule has 1 aromatic heterocycles. The SMILES string of the molecule is CC(CCN(C)C)Nc1nc(-c2ccccc2)cs1. The summed E-state index contributed by atoms with van der Waals surface area (Å²) in [7, 11) is 4.20. The lowest BCUT2D eigenvalue weighted by atomic mass is 10.2. The van der Waals surface area contributed by atoms with Gasteiger partial charge in [0.2, 0.25) is 0 Å². The maximum atomic E-state index is 4.64. The highest BCUT2D eigenvalue weighted by Crippen LogP contribution is 2.25. The van der Waals surface area contributed by atoms with E-state index in [1.807, 2.05) is 18.2 Å². The van der Waals surface area contributed by atoms with Crippen LogP contribution in [0.4, 0.5) is 5.13 Å². The van der Waals surface area contributed by atoms with Gasteiger partial charge in [0.05, 0.1) is 5.69 Å². The van der Waals surface area contributed by atoms with Gasteiger partial charge in [-0.1, -0.05) is 30.3 Å². The molecule has 0 saturated carbocycles. The number of anilines is 1. The van der Waals surface area contributed by atoms with Crippen molar-refractivity contribution in [3.05, 3.63) is 35.7 Å². The molecule has 0 amide bonds. The molecule has 1 heterocycles. The van der Waals surface area contributed by atoms with Gasteiger partial charge in [0, 0.05) is 17.0 Å². The Hall–Kier alpha value is -1.39. The van der Waals surface area contributed by atoms with Crippen LogP contribution in [0.25, 0.3) is 11.3 Å². The van der Waals surface area contributed by atoms with Crippen molar-refractivity contribution >= 4 is 16.5 Å². The predicted molar refractivity (Wildman–Crippen MR) is 83.8 cm³/mol. The first-order chi connectivity index (χ1) is 9.15. The minimum absolute atomic E-state index is 0.442. The van der Waals surface area contributed by atoms with Crippen molar-refractivity contribution in [2.45, 2.75) is 19.4 Å². The fraction of sp³-hybridized carbons (Fsp3) is 0.400. The van der Waals surface area contributed by atoms with Crippen LogP contribution in [0.1, 0.15) is 13.3 Å². The van der Waals surface area contributed by atoms with E-state index in [2.05, 4.69) is 53.7 Å². The summed E-state index contributed by atoms with van der Waals surface area (Å²) in [6.07, 6.45) is 1.12. The van der Waals surface area contributed by atoms with E-state index in [0.717, 1.165) is 23.8 Å². The fourth-order valence-electron chi connectivity index (χ4n) is 1.82. The average Bonchev–Trinajstić information content (AvgIpc) is 2.86. The van der Waals surface area contributed by atoms with Gasteiger partial charge in [-0.25, -0.2) is 4.98 Å². The van der Waals surface area contributed by atoms with Gasteiger partial charge in [0.15, 0.2) is 5.13 Å². The quantitative estimate of drug-likeness (QED) is 0.873. The van der Waals surface area contributed by atoms with Crippen molar-refractivity contribution in [3.8, 4) is 11.3 Å². The molecule has 0 saturated heterocycles. The van der Waals surface area contributed by atoms with Crippen LogP contribution in [0.2, 0.25) is 0 Å². The molecule has 1 unspecified atom stereocenters. The van der Waals surface area contributed by atoms with Crippen molar-refractivity contribution in [3.63, 3.8) is 0 Å². The molecular formula is C15H21N3S. The van der Waals surface area contributed by atoms with E-state index in [9.17, 15) is 0 Å². The second kappa shape index (κ2) is 6.68. The smallest absolute Gasteiger partial charge is 0.183 e. The van der Waals surface area contributed by atoms with Crippen molar-refractivity contribution in [1.29, 1.82) is 0 Å². The van der Waals surface area contributed by atoms with Crippen molar-refractivity contribution < 1.29 is 0 Å². The zero-order chi connectivity index (χ0) is 13.7. The first-order valence-corrected chi connectivity index (χ1v) is 7.45. The summed E-state index contributed by atoms with van der Waals surface area (Å²) < 4.78 is 0. The Balaban J connectivity index is 1.94. The molecule has 102 valence electrons. The lowest BCUT2D eigenvalue weighted by Gasteiger charge is -2.15. The minimum Gasteiger partial charge on any atom is -0.359 e. The molecular weight excluding hydrogens is 254 g/mol. The van der Waals surface area contributed by atoms with Crippen LogP contribution >= 0.6 is 11.3 Å². The Morgan fingerprint density at radius 1 is 1.26 bits per heavy atom. The van der Waals surface area contributed by atoms with Crippen LogP contribution in [0.3, 0.4) is 0 Å². The van der Waals surface area contributed by atoms with E-state index in [0.29, 0.717) is 6.04 Å². The Kier molecular flexibility index (Phi) is 4.93. The number of nitrogens with zero attached hydrogens (tertiary/aromatic N) is 2. The van der Waals surface area contributed by atoms with E-state index in [-0.39, 0.29) is 0 Å². The third-order valence-corrected chi connectivity index (χ3v) is 3.73. The summed E-state index contributed by atoms with van der Waals surface area (Å²) in [5.41, 5.74) is 2.22. The Morgan fingerprint density at radius 3 is 2.68 bits per heavy atom. The van der Waals surface area contributed by atoms with Gasteiger partial charge < -0.3 is 10.2 Å². The molecule has 0 bridgehead atoms. The van der Waals surface area contributed by atoms with E-state index in [4.69, 9.17) is 0 Å². The van der Waals surface area contributed by atoms with Crippen LogP contribution in [0, 0.1) is 0 Å². The number of benzene rings is 1. The van der Waals surface area contributed by atoms with Crippen LogP contribution in [-0.2, 0) is 0 Å². The molecule has 1 atom stereocenters. The van der Waals surface area contributed by atoms with Crippen LogP contribution in [-0.4, -0.2) is 36.6 Å². The first-order valence-electron chi connectivity index (χ1n) is 6.57. The van der Waals surface area contributed by atoms with Gasteiger partial charge in [-0.3, -0.25) is 0 Å². The summed E-state index contributed by atoms with van der Waals surface area (Å²) >= 11 is 1.67. The van der Waals surface area contributed by atoms with E-state index in [1.165, 1.54) is 5.56 Å². The number of thiazole rings is 1. The summed E-state index contributed by atoms with van der Waals surface area (Å²) in [6, 6.07) is 10.7. The zero-order valence-corrected chi connectivity index (χ0v) is 12.6. The molecule has 3 nitrogen and oxygen atoms in total. The van der Waals surface area contributed by atoms with Crippen LogP contribution in [0.15, 0.2) is 35.7 Å². The fourth-order valence-corrected chi connectivity index (χ4v) is 2.65. The first kappa shape index (κ1) is 14.0. The maximum Gasteiger partial charge on any atom is 0.183 e. The molecule has 0 aliphatic carbocycles. The molecule has 1 aromatic carbocycles. The molecule has 0 radical (unpaired) electrons.